The third kappa shape index (κ3) is 15.1. The summed E-state index contributed by atoms with van der Waals surface area (Å²) < 4.78 is 1.37. The lowest BCUT2D eigenvalue weighted by atomic mass is 9.87. The van der Waals surface area contributed by atoms with Gasteiger partial charge in [-0.1, -0.05) is 212 Å². The number of rotatable bonds is 17. The summed E-state index contributed by atoms with van der Waals surface area (Å²) in [5, 5.41) is 1.37. The molecule has 2 atom stereocenters. The summed E-state index contributed by atoms with van der Waals surface area (Å²) in [6.45, 7) is 17.0. The number of thiophene rings is 1. The molecule has 5 aromatic carbocycles. The fourth-order valence-corrected chi connectivity index (χ4v) is 13.1. The van der Waals surface area contributed by atoms with Crippen LogP contribution in [0.15, 0.2) is 174 Å². The molecule has 2 aliphatic carbocycles. The molecule has 0 saturated heterocycles. The molecule has 2 heteroatoms. The Morgan fingerprint density at radius 3 is 2.19 bits per heavy atom. The first-order valence-electron chi connectivity index (χ1n) is 28.4. The fourth-order valence-electron chi connectivity index (χ4n) is 10.6. The van der Waals surface area contributed by atoms with Crippen molar-refractivity contribution in [2.45, 2.75) is 170 Å². The number of hydrogen-bond donors (Lipinski definition) is 0. The van der Waals surface area contributed by atoms with E-state index in [4.69, 9.17) is 0 Å². The SMILES string of the molecule is C/C=C\c1c(Cc2cc(CCCC)cc(C(C)C=C=CCC3=CC(c4cccc(-c5ccc(-c6cc(CCCC)cc(/C7=C/CCCC8=C(CCCC8)S7)c6)cc5)c4)CC=C3)c2)sc2ccccc12.CC.CC. The molecule has 0 N–H and O–H groups in total. The van der Waals surface area contributed by atoms with Gasteiger partial charge in [0, 0.05) is 32.7 Å². The van der Waals surface area contributed by atoms with Gasteiger partial charge in [0.15, 0.2) is 0 Å². The summed E-state index contributed by atoms with van der Waals surface area (Å²) in [6, 6.07) is 42.3. The molecule has 0 amide bonds. The number of allylic oxidation sites excluding steroid dienone is 9. The zero-order valence-corrected chi connectivity index (χ0v) is 47.4. The standard InChI is InChI=1S/C67H72S2.2C2H6/c1-5-8-22-50-39-52(45-67-62(20-7-3)63-31-14-17-34-66(63)69-67)44-59(41-50)48(4)21-10-11-24-49-25-18-28-56(40-49)58-30-19-29-57(46-58)53-35-37-54(38-36-53)60-42-51(23-9-6-2)43-61(47-60)65-33-16-13-27-55-26-12-15-32-64(55)68-65;2*1-2/h7,11,14,17-21,25,29-31,33-44,46-48,56H,5-6,8-9,12-13,15-16,22-24,26-28,32,45H2,1-4H3;2*1-2H3/b20-7-,65-33-;;. The first-order chi connectivity index (χ1) is 35.9. The molecule has 0 spiro atoms. The van der Waals surface area contributed by atoms with E-state index in [9.17, 15) is 0 Å². The summed E-state index contributed by atoms with van der Waals surface area (Å²) in [5.74, 6) is 0.646. The molecule has 0 saturated carbocycles. The lowest BCUT2D eigenvalue weighted by molar-refractivity contribution is 0.655. The van der Waals surface area contributed by atoms with Gasteiger partial charge < -0.3 is 0 Å². The van der Waals surface area contributed by atoms with E-state index in [0.717, 1.165) is 32.1 Å². The number of unbranched alkanes of at least 4 members (excludes halogenated alkanes) is 2. The molecule has 1 aromatic heterocycles. The van der Waals surface area contributed by atoms with Crippen LogP contribution in [0.4, 0.5) is 0 Å². The molecule has 0 radical (unpaired) electrons. The van der Waals surface area contributed by atoms with E-state index >= 15 is 0 Å². The number of hydrogen-bond acceptors (Lipinski definition) is 2. The van der Waals surface area contributed by atoms with E-state index in [-0.39, 0.29) is 5.92 Å². The summed E-state index contributed by atoms with van der Waals surface area (Å²) >= 11 is 4.03. The molecule has 0 fully saturated rings. The van der Waals surface area contributed by atoms with Crippen molar-refractivity contribution in [2.24, 2.45) is 0 Å². The molecular weight excluding hydrogens is 917 g/mol. The summed E-state index contributed by atoms with van der Waals surface area (Å²) in [5.41, 5.74) is 21.8. The Labute approximate surface area is 451 Å². The van der Waals surface area contributed by atoms with Gasteiger partial charge in [0.2, 0.25) is 0 Å². The summed E-state index contributed by atoms with van der Waals surface area (Å²) in [4.78, 5) is 4.59. The predicted octanol–water partition coefficient (Wildman–Crippen LogP) is 22.6. The van der Waals surface area contributed by atoms with E-state index in [1.807, 2.05) is 39.0 Å². The maximum absolute atomic E-state index is 3.62. The van der Waals surface area contributed by atoms with Crippen LogP contribution < -0.4 is 0 Å². The van der Waals surface area contributed by atoms with Crippen LogP contribution in [0, 0.1) is 0 Å². The number of fused-ring (bicyclic) bond motifs is 1. The van der Waals surface area contributed by atoms with Crippen molar-refractivity contribution in [3.05, 3.63) is 217 Å². The molecule has 6 aromatic rings. The minimum Gasteiger partial charge on any atom is -0.139 e. The van der Waals surface area contributed by atoms with Crippen molar-refractivity contribution >= 4 is 44.2 Å². The normalized spacial score (nSPS) is 16.6. The average Bonchev–Trinajstić information content (AvgIpc) is 3.78. The molecule has 380 valence electrons. The monoisotopic (exact) mass is 1000 g/mol. The predicted molar refractivity (Wildman–Crippen MR) is 328 cm³/mol. The van der Waals surface area contributed by atoms with Crippen molar-refractivity contribution < 1.29 is 0 Å². The van der Waals surface area contributed by atoms with Crippen molar-refractivity contribution in [1.82, 2.24) is 0 Å². The highest BCUT2D eigenvalue weighted by Crippen LogP contribution is 2.45. The van der Waals surface area contributed by atoms with Crippen LogP contribution in [0.1, 0.15) is 195 Å². The van der Waals surface area contributed by atoms with Crippen molar-refractivity contribution in [3.8, 4) is 22.3 Å². The second-order valence-electron chi connectivity index (χ2n) is 19.8. The topological polar surface area (TPSA) is 0 Å². The highest BCUT2D eigenvalue weighted by molar-refractivity contribution is 8.11. The number of aryl methyl sites for hydroxylation is 2. The van der Waals surface area contributed by atoms with Crippen LogP contribution >= 0.6 is 23.1 Å². The lowest BCUT2D eigenvalue weighted by Gasteiger charge is -2.23. The molecule has 3 aliphatic rings. The Kier molecular flexibility index (Phi) is 21.9. The quantitative estimate of drug-likeness (QED) is 0.0821. The van der Waals surface area contributed by atoms with Crippen LogP contribution in [0.25, 0.3) is 43.3 Å². The van der Waals surface area contributed by atoms with Crippen LogP contribution in [0.3, 0.4) is 0 Å². The number of benzene rings is 5. The van der Waals surface area contributed by atoms with Gasteiger partial charge >= 0.3 is 0 Å². The molecule has 0 bridgehead atoms. The van der Waals surface area contributed by atoms with E-state index in [1.165, 1.54) is 157 Å². The van der Waals surface area contributed by atoms with Crippen LogP contribution in [-0.4, -0.2) is 0 Å². The van der Waals surface area contributed by atoms with Gasteiger partial charge in [0.1, 0.15) is 0 Å². The highest BCUT2D eigenvalue weighted by atomic mass is 32.2. The second kappa shape index (κ2) is 28.9. The zero-order valence-electron chi connectivity index (χ0n) is 45.8. The van der Waals surface area contributed by atoms with Gasteiger partial charge in [-0.25, -0.2) is 0 Å². The van der Waals surface area contributed by atoms with Crippen LogP contribution in [0.5, 0.6) is 0 Å². The number of thioether (sulfide) groups is 1. The average molecular weight is 1000 g/mol. The molecule has 73 heavy (non-hydrogen) atoms. The third-order valence-corrected chi connectivity index (χ3v) is 17.1. The largest absolute Gasteiger partial charge is 0.139 e. The molecule has 9 rings (SSSR count). The molecule has 0 nitrogen and oxygen atoms in total. The second-order valence-corrected chi connectivity index (χ2v) is 22.1. The minimum atomic E-state index is 0.281. The van der Waals surface area contributed by atoms with Gasteiger partial charge in [-0.05, 0) is 192 Å². The van der Waals surface area contributed by atoms with E-state index < -0.39 is 0 Å². The smallest absolute Gasteiger partial charge is 0.0352 e. The van der Waals surface area contributed by atoms with Crippen LogP contribution in [-0.2, 0) is 19.3 Å². The Bertz CT molecular complexity index is 2950. The first-order valence-corrected chi connectivity index (χ1v) is 30.1. The molecule has 1 aliphatic heterocycles. The highest BCUT2D eigenvalue weighted by Gasteiger charge is 2.19. The fraction of sp³-hybridized carbons (Fsp3) is 0.366. The zero-order chi connectivity index (χ0) is 51.4. The van der Waals surface area contributed by atoms with Gasteiger partial charge in [0.05, 0.1) is 0 Å². The maximum atomic E-state index is 3.62. The first kappa shape index (κ1) is 55.4. The van der Waals surface area contributed by atoms with E-state index in [2.05, 4.69) is 203 Å². The lowest BCUT2D eigenvalue weighted by Crippen LogP contribution is -2.00. The van der Waals surface area contributed by atoms with Gasteiger partial charge in [-0.15, -0.1) is 17.1 Å². The molecule has 2 unspecified atom stereocenters. The summed E-state index contributed by atoms with van der Waals surface area (Å²) in [7, 11) is 0. The van der Waals surface area contributed by atoms with E-state index in [0.29, 0.717) is 5.92 Å². The van der Waals surface area contributed by atoms with Crippen LogP contribution in [0.2, 0.25) is 0 Å². The molecule has 2 heterocycles. The van der Waals surface area contributed by atoms with Crippen molar-refractivity contribution in [3.63, 3.8) is 0 Å². The Hall–Kier alpha value is -5.37. The van der Waals surface area contributed by atoms with Crippen molar-refractivity contribution in [2.75, 3.05) is 0 Å². The van der Waals surface area contributed by atoms with Gasteiger partial charge in [-0.3, -0.25) is 0 Å². The third-order valence-electron chi connectivity index (χ3n) is 14.5. The van der Waals surface area contributed by atoms with Crippen molar-refractivity contribution in [1.29, 1.82) is 0 Å². The summed E-state index contributed by atoms with van der Waals surface area (Å²) in [6.07, 6.45) is 37.7. The van der Waals surface area contributed by atoms with E-state index in [1.54, 1.807) is 10.5 Å². The Morgan fingerprint density at radius 2 is 1.41 bits per heavy atom. The Balaban J connectivity index is 0.00000190. The maximum Gasteiger partial charge on any atom is 0.0352 e. The van der Waals surface area contributed by atoms with Gasteiger partial charge in [-0.2, -0.15) is 0 Å². The van der Waals surface area contributed by atoms with Gasteiger partial charge in [0.25, 0.3) is 0 Å². The molecular formula is C71H84S2. The minimum absolute atomic E-state index is 0.281. The Morgan fingerprint density at radius 1 is 0.699 bits per heavy atom.